The summed E-state index contributed by atoms with van der Waals surface area (Å²) >= 11 is 6.16. The summed E-state index contributed by atoms with van der Waals surface area (Å²) in [4.78, 5) is 26.1. The molecule has 0 amide bonds. The van der Waals surface area contributed by atoms with Crippen LogP contribution in [-0.4, -0.2) is 57.5 Å². The second-order valence-electron chi connectivity index (χ2n) is 10.2. The quantitative estimate of drug-likeness (QED) is 0.350. The molecule has 2 aromatic heterocycles. The van der Waals surface area contributed by atoms with Gasteiger partial charge in [-0.2, -0.15) is 4.98 Å². The summed E-state index contributed by atoms with van der Waals surface area (Å²) in [7, 11) is 0. The molecule has 3 heterocycles. The molecular weight excluding hydrogens is 537 g/mol. The molecule has 2 atom stereocenters. The summed E-state index contributed by atoms with van der Waals surface area (Å²) in [6.45, 7) is 4.40. The minimum Gasteiger partial charge on any atom is -0.466 e. The largest absolute Gasteiger partial charge is 0.466 e. The second-order valence-corrected chi connectivity index (χ2v) is 10.6. The summed E-state index contributed by atoms with van der Waals surface area (Å²) in [5.74, 6) is -1.45. The van der Waals surface area contributed by atoms with Gasteiger partial charge in [-0.15, -0.1) is 0 Å². The molecule has 2 N–H and O–H groups in total. The molecule has 1 saturated heterocycles. The van der Waals surface area contributed by atoms with Crippen molar-refractivity contribution in [1.82, 2.24) is 19.5 Å². The van der Waals surface area contributed by atoms with Crippen molar-refractivity contribution in [3.05, 3.63) is 35.0 Å². The summed E-state index contributed by atoms with van der Waals surface area (Å²) in [5, 5.41) is 5.83. The molecule has 0 radical (unpaired) electrons. The van der Waals surface area contributed by atoms with Crippen molar-refractivity contribution < 1.29 is 27.4 Å². The van der Waals surface area contributed by atoms with E-state index in [0.29, 0.717) is 56.5 Å². The van der Waals surface area contributed by atoms with E-state index in [1.165, 1.54) is 6.20 Å². The van der Waals surface area contributed by atoms with Gasteiger partial charge in [0.05, 0.1) is 41.6 Å². The number of carbonyl (C=O) groups is 1. The smallest absolute Gasteiger partial charge is 0.311 e. The second kappa shape index (κ2) is 11.2. The maximum Gasteiger partial charge on any atom is 0.311 e. The van der Waals surface area contributed by atoms with Gasteiger partial charge in [0, 0.05) is 18.7 Å². The third-order valence-electron chi connectivity index (χ3n) is 7.47. The lowest BCUT2D eigenvalue weighted by molar-refractivity contribution is -0.156. The molecule has 13 heteroatoms. The van der Waals surface area contributed by atoms with Crippen LogP contribution in [0.4, 0.5) is 30.8 Å². The number of esters is 1. The highest BCUT2D eigenvalue weighted by atomic mass is 35.5. The zero-order valence-corrected chi connectivity index (χ0v) is 22.4. The minimum atomic E-state index is -1.21. The van der Waals surface area contributed by atoms with E-state index >= 15 is 0 Å². The third kappa shape index (κ3) is 5.62. The van der Waals surface area contributed by atoms with Crippen molar-refractivity contribution in [2.24, 2.45) is 5.41 Å². The molecule has 0 spiro atoms. The fraction of sp³-hybridized carbons (Fsp3) is 0.538. The minimum absolute atomic E-state index is 0.00277. The summed E-state index contributed by atoms with van der Waals surface area (Å²) in [6.07, 6.45) is 3.07. The first-order valence-corrected chi connectivity index (χ1v) is 13.4. The Morgan fingerprint density at radius 2 is 2.03 bits per heavy atom. The van der Waals surface area contributed by atoms with Gasteiger partial charge in [0.25, 0.3) is 0 Å². The highest BCUT2D eigenvalue weighted by molar-refractivity contribution is 6.33. The number of fused-ring (bicyclic) bond motifs is 1. The SMILES string of the molecule is CCOC(=O)[C@]1(C)CC[C@@H](n2c(Nc3c(F)cc(F)cc3Cl)nc3cnc(N[C@H]4CCOC[C@H]4F)nc32)CC1. The first kappa shape index (κ1) is 27.4. The lowest BCUT2D eigenvalue weighted by atomic mass is 9.74. The lowest BCUT2D eigenvalue weighted by Gasteiger charge is -2.36. The van der Waals surface area contributed by atoms with E-state index in [-0.39, 0.29) is 41.2 Å². The van der Waals surface area contributed by atoms with Crippen LogP contribution in [0.2, 0.25) is 5.02 Å². The van der Waals surface area contributed by atoms with Crippen LogP contribution in [0.3, 0.4) is 0 Å². The molecule has 1 aliphatic heterocycles. The van der Waals surface area contributed by atoms with Crippen molar-refractivity contribution >= 4 is 46.3 Å². The molecule has 1 aliphatic carbocycles. The van der Waals surface area contributed by atoms with E-state index in [9.17, 15) is 18.0 Å². The number of hydrogen-bond donors (Lipinski definition) is 2. The van der Waals surface area contributed by atoms with Crippen molar-refractivity contribution in [1.29, 1.82) is 0 Å². The third-order valence-corrected chi connectivity index (χ3v) is 7.77. The molecule has 9 nitrogen and oxygen atoms in total. The van der Waals surface area contributed by atoms with Gasteiger partial charge in [-0.25, -0.2) is 23.1 Å². The maximum absolute atomic E-state index is 14.7. The number of carbonyl (C=O) groups excluding carboxylic acids is 1. The van der Waals surface area contributed by atoms with Crippen molar-refractivity contribution in [2.75, 3.05) is 30.5 Å². The molecule has 210 valence electrons. The number of hydrogen-bond acceptors (Lipinski definition) is 8. The van der Waals surface area contributed by atoms with Crippen molar-refractivity contribution in [3.8, 4) is 0 Å². The summed E-state index contributed by atoms with van der Waals surface area (Å²) in [6, 6.07) is 1.07. The van der Waals surface area contributed by atoms with Crippen molar-refractivity contribution in [2.45, 2.75) is 64.2 Å². The first-order chi connectivity index (χ1) is 18.7. The van der Waals surface area contributed by atoms with Gasteiger partial charge in [-0.3, -0.25) is 9.36 Å². The molecule has 0 bridgehead atoms. The monoisotopic (exact) mass is 566 g/mol. The van der Waals surface area contributed by atoms with Gasteiger partial charge in [0.15, 0.2) is 11.5 Å². The van der Waals surface area contributed by atoms with Gasteiger partial charge < -0.3 is 20.1 Å². The topological polar surface area (TPSA) is 103 Å². The predicted octanol–water partition coefficient (Wildman–Crippen LogP) is 5.72. The van der Waals surface area contributed by atoms with E-state index in [1.807, 2.05) is 11.5 Å². The van der Waals surface area contributed by atoms with Crippen molar-refractivity contribution in [3.63, 3.8) is 0 Å². The number of anilines is 3. The Hall–Kier alpha value is -3.12. The van der Waals surface area contributed by atoms with Crippen LogP contribution in [0.25, 0.3) is 11.2 Å². The number of halogens is 4. The van der Waals surface area contributed by atoms with Gasteiger partial charge in [0.2, 0.25) is 11.9 Å². The number of nitrogens with zero attached hydrogens (tertiary/aromatic N) is 4. The normalized spacial score (nSPS) is 25.4. The number of alkyl halides is 1. The average Bonchev–Trinajstić information content (AvgIpc) is 3.25. The highest BCUT2D eigenvalue weighted by Crippen LogP contribution is 2.44. The fourth-order valence-electron chi connectivity index (χ4n) is 5.21. The average molecular weight is 567 g/mol. The molecule has 1 aromatic carbocycles. The molecular formula is C26H30ClF3N6O3. The zero-order chi connectivity index (χ0) is 27.7. The highest BCUT2D eigenvalue weighted by Gasteiger charge is 2.40. The van der Waals surface area contributed by atoms with Crippen LogP contribution >= 0.6 is 11.6 Å². The van der Waals surface area contributed by atoms with E-state index in [1.54, 1.807) is 6.92 Å². The first-order valence-electron chi connectivity index (χ1n) is 13.0. The Labute approximate surface area is 228 Å². The Morgan fingerprint density at radius 3 is 2.72 bits per heavy atom. The number of nitrogens with one attached hydrogen (secondary N) is 2. The van der Waals surface area contributed by atoms with Crippen LogP contribution in [0.5, 0.6) is 0 Å². The van der Waals surface area contributed by atoms with Gasteiger partial charge in [-0.1, -0.05) is 11.6 Å². The zero-order valence-electron chi connectivity index (χ0n) is 21.6. The molecule has 3 aromatic rings. The van der Waals surface area contributed by atoms with Crippen LogP contribution in [0.1, 0.15) is 52.0 Å². The Bertz CT molecular complexity index is 1340. The van der Waals surface area contributed by atoms with E-state index in [2.05, 4.69) is 25.6 Å². The van der Waals surface area contributed by atoms with Gasteiger partial charge in [0.1, 0.15) is 17.5 Å². The summed E-state index contributed by atoms with van der Waals surface area (Å²) in [5.41, 5.74) is 0.115. The van der Waals surface area contributed by atoms with Crippen LogP contribution in [0.15, 0.2) is 18.3 Å². The molecule has 5 rings (SSSR count). The standard InChI is InChI=1S/C26H30ClF3N6O3/c1-3-39-23(37)26(2)7-4-15(5-8-26)36-22-20(12-31-24(35-22)32-19-6-9-38-13-18(19)30)33-25(36)34-21-16(27)10-14(28)11-17(21)29/h10-12,15,18-19H,3-9,13H2,1-2H3,(H,33,34)(H,31,32,35)/t15-,18-,19+,26-/m1/s1. The predicted molar refractivity (Wildman–Crippen MR) is 140 cm³/mol. The fourth-order valence-corrected chi connectivity index (χ4v) is 5.45. The van der Waals surface area contributed by atoms with E-state index in [0.717, 1.165) is 12.1 Å². The molecule has 39 heavy (non-hydrogen) atoms. The maximum atomic E-state index is 14.7. The van der Waals surface area contributed by atoms with Gasteiger partial charge >= 0.3 is 5.97 Å². The number of imidazole rings is 1. The number of aromatic nitrogens is 4. The Morgan fingerprint density at radius 1 is 1.26 bits per heavy atom. The lowest BCUT2D eigenvalue weighted by Crippen LogP contribution is -2.39. The Kier molecular flexibility index (Phi) is 7.86. The van der Waals surface area contributed by atoms with Crippen LogP contribution in [0, 0.1) is 17.0 Å². The molecule has 0 unspecified atom stereocenters. The molecule has 1 saturated carbocycles. The van der Waals surface area contributed by atoms with Crippen LogP contribution in [-0.2, 0) is 14.3 Å². The molecule has 2 fully saturated rings. The van der Waals surface area contributed by atoms with Gasteiger partial charge in [-0.05, 0) is 52.0 Å². The van der Waals surface area contributed by atoms with E-state index in [4.69, 9.17) is 21.1 Å². The van der Waals surface area contributed by atoms with E-state index < -0.39 is 29.3 Å². The number of benzene rings is 1. The number of ether oxygens (including phenoxy) is 2. The number of rotatable bonds is 7. The van der Waals surface area contributed by atoms with Crippen LogP contribution < -0.4 is 10.6 Å². The summed E-state index contributed by atoms with van der Waals surface area (Å²) < 4.78 is 55.0. The Balaban J connectivity index is 1.51. The molecule has 2 aliphatic rings.